The Morgan fingerprint density at radius 2 is 2.00 bits per heavy atom. The largest absolute Gasteiger partial charge is 0.327 e. The molecule has 0 saturated heterocycles. The molecule has 1 fully saturated rings. The van der Waals surface area contributed by atoms with Crippen LogP contribution >= 0.6 is 15.9 Å². The van der Waals surface area contributed by atoms with Crippen molar-refractivity contribution in [3.05, 3.63) is 28.7 Å². The van der Waals surface area contributed by atoms with Gasteiger partial charge in [0.25, 0.3) is 0 Å². The number of hydrogen-bond acceptors (Lipinski definition) is 2. The Bertz CT molecular complexity index is 501. The van der Waals surface area contributed by atoms with Gasteiger partial charge >= 0.3 is 0 Å². The number of carbonyl (C=O) groups excluding carboxylic acids is 1. The topological polar surface area (TPSA) is 55.1 Å². The maximum Gasteiger partial charge on any atom is 0.228 e. The van der Waals surface area contributed by atoms with E-state index in [0.29, 0.717) is 5.92 Å². The van der Waals surface area contributed by atoms with E-state index in [-0.39, 0.29) is 23.3 Å². The third kappa shape index (κ3) is 2.91. The van der Waals surface area contributed by atoms with Crippen molar-refractivity contribution in [2.24, 2.45) is 23.0 Å². The summed E-state index contributed by atoms with van der Waals surface area (Å²) in [6.45, 7) is 6.46. The molecule has 3 unspecified atom stereocenters. The van der Waals surface area contributed by atoms with Gasteiger partial charge < -0.3 is 11.1 Å². The fraction of sp³-hybridized carbons (Fsp3) is 0.562. The highest BCUT2D eigenvalue weighted by Crippen LogP contribution is 2.44. The Balaban J connectivity index is 2.15. The van der Waals surface area contributed by atoms with Gasteiger partial charge in [0.15, 0.2) is 0 Å². The first kappa shape index (κ1) is 15.5. The lowest BCUT2D eigenvalue weighted by Crippen LogP contribution is -2.50. The van der Waals surface area contributed by atoms with Crippen LogP contribution in [-0.2, 0) is 4.79 Å². The highest BCUT2D eigenvalue weighted by Gasteiger charge is 2.45. The van der Waals surface area contributed by atoms with E-state index in [2.05, 4.69) is 42.0 Å². The normalized spacial score (nSPS) is 28.9. The van der Waals surface area contributed by atoms with Crippen molar-refractivity contribution < 1.29 is 4.79 Å². The number of nitrogens with two attached hydrogens (primary N) is 1. The molecule has 1 aromatic carbocycles. The molecule has 3 atom stereocenters. The third-order valence-corrected chi connectivity index (χ3v) is 5.64. The monoisotopic (exact) mass is 338 g/mol. The van der Waals surface area contributed by atoms with Gasteiger partial charge in [-0.2, -0.15) is 0 Å². The molecule has 2 rings (SSSR count). The SMILES string of the molecule is CC1C(N)CCC(C(=O)Nc2ccccc2Br)C1(C)C. The molecule has 3 nitrogen and oxygen atoms in total. The van der Waals surface area contributed by atoms with Crippen LogP contribution in [0.15, 0.2) is 28.7 Å². The summed E-state index contributed by atoms with van der Waals surface area (Å²) < 4.78 is 0.909. The van der Waals surface area contributed by atoms with Crippen molar-refractivity contribution in [2.45, 2.75) is 39.7 Å². The summed E-state index contributed by atoms with van der Waals surface area (Å²) in [6.07, 6.45) is 1.77. The minimum absolute atomic E-state index is 0.00408. The lowest BCUT2D eigenvalue weighted by Gasteiger charge is -2.46. The molecule has 20 heavy (non-hydrogen) atoms. The summed E-state index contributed by atoms with van der Waals surface area (Å²) in [6, 6.07) is 7.89. The number of rotatable bonds is 2. The number of nitrogens with one attached hydrogen (secondary N) is 1. The molecule has 0 radical (unpaired) electrons. The number of para-hydroxylation sites is 1. The molecule has 4 heteroatoms. The number of hydrogen-bond donors (Lipinski definition) is 2. The van der Waals surface area contributed by atoms with Crippen LogP contribution in [0.25, 0.3) is 0 Å². The van der Waals surface area contributed by atoms with Crippen LogP contribution in [-0.4, -0.2) is 11.9 Å². The quantitative estimate of drug-likeness (QED) is 0.861. The zero-order valence-corrected chi connectivity index (χ0v) is 13.9. The second-order valence-electron chi connectivity index (χ2n) is 6.37. The first-order valence-corrected chi connectivity index (χ1v) is 7.94. The van der Waals surface area contributed by atoms with Gasteiger partial charge in [-0.05, 0) is 52.2 Å². The molecule has 3 N–H and O–H groups in total. The third-order valence-electron chi connectivity index (χ3n) is 4.95. The van der Waals surface area contributed by atoms with Gasteiger partial charge in [-0.1, -0.05) is 32.9 Å². The average molecular weight is 339 g/mol. The summed E-state index contributed by atoms with van der Waals surface area (Å²) in [5.74, 6) is 0.441. The van der Waals surface area contributed by atoms with Gasteiger partial charge in [0, 0.05) is 16.4 Å². The molecule has 0 bridgehead atoms. The van der Waals surface area contributed by atoms with E-state index >= 15 is 0 Å². The Hall–Kier alpha value is -0.870. The second-order valence-corrected chi connectivity index (χ2v) is 7.23. The van der Waals surface area contributed by atoms with E-state index in [0.717, 1.165) is 23.0 Å². The Kier molecular flexibility index (Phi) is 4.55. The second kappa shape index (κ2) is 5.86. The van der Waals surface area contributed by atoms with Gasteiger partial charge in [-0.3, -0.25) is 4.79 Å². The molecule has 1 saturated carbocycles. The van der Waals surface area contributed by atoms with Crippen molar-refractivity contribution in [1.82, 2.24) is 0 Å². The number of benzene rings is 1. The maximum absolute atomic E-state index is 12.6. The first-order valence-electron chi connectivity index (χ1n) is 7.15. The molecule has 0 aromatic heterocycles. The zero-order chi connectivity index (χ0) is 14.9. The Morgan fingerprint density at radius 3 is 2.65 bits per heavy atom. The molecule has 0 spiro atoms. The molecule has 1 aliphatic rings. The number of amides is 1. The van der Waals surface area contributed by atoms with Crippen LogP contribution in [0.5, 0.6) is 0 Å². The summed E-state index contributed by atoms with van der Waals surface area (Å²) >= 11 is 3.46. The maximum atomic E-state index is 12.6. The molecule has 110 valence electrons. The molecule has 1 aromatic rings. The van der Waals surface area contributed by atoms with Crippen LogP contribution < -0.4 is 11.1 Å². The smallest absolute Gasteiger partial charge is 0.228 e. The average Bonchev–Trinajstić information content (AvgIpc) is 2.38. The fourth-order valence-corrected chi connectivity index (χ4v) is 3.49. The van der Waals surface area contributed by atoms with Crippen molar-refractivity contribution in [1.29, 1.82) is 0 Å². The van der Waals surface area contributed by atoms with Crippen LogP contribution in [0, 0.1) is 17.3 Å². The van der Waals surface area contributed by atoms with Crippen molar-refractivity contribution in [3.63, 3.8) is 0 Å². The fourth-order valence-electron chi connectivity index (χ4n) is 3.10. The van der Waals surface area contributed by atoms with E-state index in [1.807, 2.05) is 24.3 Å². The Morgan fingerprint density at radius 1 is 1.35 bits per heavy atom. The predicted molar refractivity (Wildman–Crippen MR) is 86.4 cm³/mol. The van der Waals surface area contributed by atoms with E-state index in [9.17, 15) is 4.79 Å². The van der Waals surface area contributed by atoms with E-state index in [1.54, 1.807) is 0 Å². The number of anilines is 1. The summed E-state index contributed by atoms with van der Waals surface area (Å²) in [4.78, 5) is 12.6. The van der Waals surface area contributed by atoms with Gasteiger partial charge in [-0.25, -0.2) is 0 Å². The summed E-state index contributed by atoms with van der Waals surface area (Å²) in [7, 11) is 0. The number of carbonyl (C=O) groups is 1. The Labute approximate surface area is 129 Å². The molecule has 1 amide bonds. The van der Waals surface area contributed by atoms with Crippen molar-refractivity contribution in [2.75, 3.05) is 5.32 Å². The molecular weight excluding hydrogens is 316 g/mol. The molecule has 0 heterocycles. The lowest BCUT2D eigenvalue weighted by molar-refractivity contribution is -0.127. The van der Waals surface area contributed by atoms with Crippen LogP contribution in [0.2, 0.25) is 0 Å². The van der Waals surface area contributed by atoms with Gasteiger partial charge in [0.05, 0.1) is 5.69 Å². The van der Waals surface area contributed by atoms with Crippen molar-refractivity contribution in [3.8, 4) is 0 Å². The molecule has 1 aliphatic carbocycles. The standard InChI is InChI=1S/C16H23BrN2O/c1-10-13(18)9-8-11(16(10,2)3)15(20)19-14-7-5-4-6-12(14)17/h4-7,10-11,13H,8-9,18H2,1-3H3,(H,19,20). The highest BCUT2D eigenvalue weighted by molar-refractivity contribution is 9.10. The van der Waals surface area contributed by atoms with Crippen LogP contribution in [0.4, 0.5) is 5.69 Å². The van der Waals surface area contributed by atoms with E-state index < -0.39 is 0 Å². The molecule has 0 aliphatic heterocycles. The van der Waals surface area contributed by atoms with E-state index in [1.165, 1.54) is 0 Å². The first-order chi connectivity index (χ1) is 9.34. The minimum Gasteiger partial charge on any atom is -0.327 e. The predicted octanol–water partition coefficient (Wildman–Crippen LogP) is 3.79. The van der Waals surface area contributed by atoms with Gasteiger partial charge in [0.2, 0.25) is 5.91 Å². The van der Waals surface area contributed by atoms with Crippen molar-refractivity contribution >= 4 is 27.5 Å². The van der Waals surface area contributed by atoms with E-state index in [4.69, 9.17) is 5.73 Å². The molecular formula is C16H23BrN2O. The van der Waals surface area contributed by atoms with Crippen LogP contribution in [0.1, 0.15) is 33.6 Å². The van der Waals surface area contributed by atoms with Gasteiger partial charge in [0.1, 0.15) is 0 Å². The summed E-state index contributed by atoms with van der Waals surface area (Å²) in [5, 5.41) is 3.04. The lowest BCUT2D eigenvalue weighted by atomic mass is 9.61. The number of halogens is 1. The highest BCUT2D eigenvalue weighted by atomic mass is 79.9. The van der Waals surface area contributed by atoms with Gasteiger partial charge in [-0.15, -0.1) is 0 Å². The summed E-state index contributed by atoms with van der Waals surface area (Å²) in [5.41, 5.74) is 6.90. The van der Waals surface area contributed by atoms with Crippen LogP contribution in [0.3, 0.4) is 0 Å². The zero-order valence-electron chi connectivity index (χ0n) is 12.3. The minimum atomic E-state index is -0.0804.